The van der Waals surface area contributed by atoms with E-state index >= 15 is 0 Å². The van der Waals surface area contributed by atoms with Crippen LogP contribution in [0.3, 0.4) is 0 Å². The Labute approximate surface area is 123 Å². The largest absolute Gasteiger partial charge is 2.00 e. The Morgan fingerprint density at radius 3 is 2.06 bits per heavy atom. The molecule has 84 valence electrons. The average molecular weight is 259 g/mol. The number of hydrogen-bond donors (Lipinski definition) is 0. The van der Waals surface area contributed by atoms with E-state index in [1.165, 1.54) is 16.2 Å². The third kappa shape index (κ3) is 2.54. The maximum Gasteiger partial charge on any atom is 2.00 e. The van der Waals surface area contributed by atoms with Gasteiger partial charge in [0.25, 0.3) is 0 Å². The normalized spacial score (nSPS) is 9.71. The van der Waals surface area contributed by atoms with E-state index in [0.717, 1.165) is 10.4 Å². The van der Waals surface area contributed by atoms with Crippen LogP contribution >= 0.6 is 11.6 Å². The van der Waals surface area contributed by atoms with Gasteiger partial charge in [-0.05, 0) is 34.4 Å². The van der Waals surface area contributed by atoms with Gasteiger partial charge >= 0.3 is 23.1 Å². The predicted octanol–water partition coefficient (Wildman–Crippen LogP) is 4.64. The summed E-state index contributed by atoms with van der Waals surface area (Å²) in [5.41, 5.74) is 0. The van der Waals surface area contributed by atoms with Gasteiger partial charge in [-0.1, -0.05) is 48.0 Å². The van der Waals surface area contributed by atoms with E-state index in [1.807, 2.05) is 18.2 Å². The SMILES string of the molecule is Clc1cccc2cc3ccccc3cc12.F.[H-].[H-].[Mg+2]. The van der Waals surface area contributed by atoms with Crippen molar-refractivity contribution in [2.75, 3.05) is 0 Å². The van der Waals surface area contributed by atoms with Crippen molar-refractivity contribution in [2.24, 2.45) is 0 Å². The van der Waals surface area contributed by atoms with Gasteiger partial charge in [0.05, 0.1) is 0 Å². The number of hydrogen-bond acceptors (Lipinski definition) is 0. The Bertz CT molecular complexity index is 661. The molecule has 0 atom stereocenters. The van der Waals surface area contributed by atoms with E-state index in [4.69, 9.17) is 11.6 Å². The van der Waals surface area contributed by atoms with Gasteiger partial charge in [-0.15, -0.1) is 0 Å². The summed E-state index contributed by atoms with van der Waals surface area (Å²) in [7, 11) is 0. The van der Waals surface area contributed by atoms with Gasteiger partial charge in [0.2, 0.25) is 0 Å². The molecule has 0 N–H and O–H groups in total. The van der Waals surface area contributed by atoms with Crippen molar-refractivity contribution in [3.05, 3.63) is 59.6 Å². The topological polar surface area (TPSA) is 0 Å². The summed E-state index contributed by atoms with van der Waals surface area (Å²) in [5, 5.41) is 5.63. The predicted molar refractivity (Wildman–Crippen MR) is 76.9 cm³/mol. The second-order valence-electron chi connectivity index (χ2n) is 3.66. The Hall–Kier alpha value is -0.834. The van der Waals surface area contributed by atoms with E-state index in [9.17, 15) is 0 Å². The molecule has 3 heteroatoms. The van der Waals surface area contributed by atoms with Crippen molar-refractivity contribution in [3.8, 4) is 0 Å². The maximum atomic E-state index is 6.16. The first-order chi connectivity index (χ1) is 7.34. The fourth-order valence-corrected chi connectivity index (χ4v) is 2.17. The van der Waals surface area contributed by atoms with Gasteiger partial charge in [0.1, 0.15) is 0 Å². The molecule has 0 nitrogen and oxygen atoms in total. The third-order valence-corrected chi connectivity index (χ3v) is 3.02. The summed E-state index contributed by atoms with van der Waals surface area (Å²) in [5.74, 6) is 0. The summed E-state index contributed by atoms with van der Waals surface area (Å²) < 4.78 is 0. The second-order valence-corrected chi connectivity index (χ2v) is 4.07. The van der Waals surface area contributed by atoms with Gasteiger partial charge in [0.15, 0.2) is 0 Å². The van der Waals surface area contributed by atoms with E-state index < -0.39 is 0 Å². The minimum atomic E-state index is 0. The number of rotatable bonds is 0. The second kappa shape index (κ2) is 5.67. The first kappa shape index (κ1) is 14.2. The minimum Gasteiger partial charge on any atom is -1.00 e. The third-order valence-electron chi connectivity index (χ3n) is 2.69. The molecule has 3 aromatic rings. The van der Waals surface area contributed by atoms with Crippen molar-refractivity contribution in [1.82, 2.24) is 0 Å². The Morgan fingerprint density at radius 1 is 0.765 bits per heavy atom. The molecule has 0 unspecified atom stereocenters. The molecule has 0 radical (unpaired) electrons. The molecule has 0 aliphatic heterocycles. The summed E-state index contributed by atoms with van der Waals surface area (Å²) in [6.07, 6.45) is 0. The zero-order valence-electron chi connectivity index (χ0n) is 11.2. The number of halogens is 2. The fourth-order valence-electron chi connectivity index (χ4n) is 1.93. The molecule has 0 heterocycles. The van der Waals surface area contributed by atoms with Gasteiger partial charge in [-0.2, -0.15) is 0 Å². The summed E-state index contributed by atoms with van der Waals surface area (Å²) >= 11 is 6.16. The zero-order valence-corrected chi connectivity index (χ0v) is 11.4. The molecule has 0 aliphatic rings. The number of benzene rings is 3. The van der Waals surface area contributed by atoms with Gasteiger partial charge < -0.3 is 2.85 Å². The molecule has 0 aromatic heterocycles. The van der Waals surface area contributed by atoms with Crippen LogP contribution in [0.4, 0.5) is 4.70 Å². The average Bonchev–Trinajstić information content (AvgIpc) is 2.27. The van der Waals surface area contributed by atoms with Gasteiger partial charge in [0, 0.05) is 10.4 Å². The molecular weight excluding hydrogens is 247 g/mol. The van der Waals surface area contributed by atoms with Crippen molar-refractivity contribution in [1.29, 1.82) is 0 Å². The standard InChI is InChI=1S/C14H9Cl.FH.Mg.2H/c15-14-7-3-6-12-8-10-4-1-2-5-11(10)9-13(12)14;;;;/h1-9H;1H;;;/q;;+2;2*-1. The summed E-state index contributed by atoms with van der Waals surface area (Å²) in [6.45, 7) is 0. The van der Waals surface area contributed by atoms with E-state index in [0.29, 0.717) is 0 Å². The molecule has 0 aliphatic carbocycles. The molecule has 0 spiro atoms. The number of fused-ring (bicyclic) bond motifs is 2. The molecule has 0 amide bonds. The zero-order chi connectivity index (χ0) is 10.3. The molecule has 17 heavy (non-hydrogen) atoms. The van der Waals surface area contributed by atoms with Crippen LogP contribution in [0.15, 0.2) is 54.6 Å². The smallest absolute Gasteiger partial charge is 1.00 e. The fraction of sp³-hybridized carbons (Fsp3) is 0. The van der Waals surface area contributed by atoms with Crippen LogP contribution in [-0.2, 0) is 0 Å². The first-order valence-electron chi connectivity index (χ1n) is 4.92. The summed E-state index contributed by atoms with van der Waals surface area (Å²) in [4.78, 5) is 0. The molecule has 3 rings (SSSR count). The van der Waals surface area contributed by atoms with Crippen LogP contribution in [-0.4, -0.2) is 23.1 Å². The molecule has 0 bridgehead atoms. The molecule has 0 fully saturated rings. The Kier molecular flexibility index (Phi) is 4.75. The Morgan fingerprint density at radius 2 is 1.35 bits per heavy atom. The molecule has 3 aromatic carbocycles. The van der Waals surface area contributed by atoms with Crippen LogP contribution in [0, 0.1) is 0 Å². The van der Waals surface area contributed by atoms with Crippen molar-refractivity contribution in [3.63, 3.8) is 0 Å². The van der Waals surface area contributed by atoms with E-state index in [1.54, 1.807) is 0 Å². The maximum absolute atomic E-state index is 6.16. The van der Waals surface area contributed by atoms with Crippen molar-refractivity contribution >= 4 is 56.2 Å². The van der Waals surface area contributed by atoms with E-state index in [-0.39, 0.29) is 30.6 Å². The van der Waals surface area contributed by atoms with Crippen molar-refractivity contribution < 1.29 is 7.56 Å². The quantitative estimate of drug-likeness (QED) is 0.407. The molecule has 0 saturated heterocycles. The van der Waals surface area contributed by atoms with Gasteiger partial charge in [-0.3, -0.25) is 4.70 Å². The monoisotopic (exact) mass is 258 g/mol. The molecule has 0 saturated carbocycles. The molecular formula is C14H12ClFMg. The first-order valence-corrected chi connectivity index (χ1v) is 5.29. The van der Waals surface area contributed by atoms with Crippen LogP contribution < -0.4 is 0 Å². The Balaban J connectivity index is 0. The van der Waals surface area contributed by atoms with Crippen molar-refractivity contribution in [2.45, 2.75) is 0 Å². The van der Waals surface area contributed by atoms with E-state index in [2.05, 4.69) is 36.4 Å². The van der Waals surface area contributed by atoms with Gasteiger partial charge in [-0.25, -0.2) is 0 Å². The summed E-state index contributed by atoms with van der Waals surface area (Å²) in [6, 6.07) is 18.7. The van der Waals surface area contributed by atoms with Crippen LogP contribution in [0.1, 0.15) is 2.85 Å². The van der Waals surface area contributed by atoms with Crippen LogP contribution in [0.25, 0.3) is 21.5 Å². The van der Waals surface area contributed by atoms with Crippen LogP contribution in [0.2, 0.25) is 5.02 Å². The van der Waals surface area contributed by atoms with Crippen LogP contribution in [0.5, 0.6) is 0 Å². The minimum absolute atomic E-state index is 0.